The van der Waals surface area contributed by atoms with Crippen molar-refractivity contribution in [2.45, 2.75) is 20.3 Å². The highest BCUT2D eigenvalue weighted by Crippen LogP contribution is 2.18. The van der Waals surface area contributed by atoms with Gasteiger partial charge in [-0.05, 0) is 43.2 Å². The van der Waals surface area contributed by atoms with E-state index in [0.29, 0.717) is 17.9 Å². The molecule has 0 aromatic heterocycles. The Morgan fingerprint density at radius 2 is 1.78 bits per heavy atom. The first-order valence-electron chi connectivity index (χ1n) is 5.87. The molecule has 0 saturated heterocycles. The number of carboxylic acids is 1. The lowest BCUT2D eigenvalue weighted by molar-refractivity contribution is -0.131. The molecule has 1 N–H and O–H groups in total. The van der Waals surface area contributed by atoms with Gasteiger partial charge in [-0.2, -0.15) is 0 Å². The number of hydrogen-bond acceptors (Lipinski definition) is 3. The molecule has 4 nitrogen and oxygen atoms in total. The molecule has 0 aliphatic heterocycles. The highest BCUT2D eigenvalue weighted by molar-refractivity contribution is 5.80. The van der Waals surface area contributed by atoms with Crippen LogP contribution in [0.1, 0.15) is 20.3 Å². The highest BCUT2D eigenvalue weighted by Gasteiger charge is 1.98. The molecular weight excluding hydrogens is 232 g/mol. The summed E-state index contributed by atoms with van der Waals surface area (Å²) in [5, 5.41) is 8.55. The van der Waals surface area contributed by atoms with Crippen molar-refractivity contribution in [2.75, 3.05) is 13.2 Å². The Balaban J connectivity index is 2.46. The maximum absolute atomic E-state index is 10.4. The average Bonchev–Trinajstić information content (AvgIpc) is 2.34. The normalized spacial score (nSPS) is 11.1. The molecule has 1 aromatic carbocycles. The minimum atomic E-state index is -0.959. The van der Waals surface area contributed by atoms with E-state index in [2.05, 4.69) is 6.92 Å². The summed E-state index contributed by atoms with van der Waals surface area (Å²) in [6.07, 6.45) is 2.11. The molecule has 0 aliphatic rings. The lowest BCUT2D eigenvalue weighted by atomic mass is 10.3. The van der Waals surface area contributed by atoms with Gasteiger partial charge in [0, 0.05) is 6.08 Å². The van der Waals surface area contributed by atoms with Gasteiger partial charge in [0.05, 0.1) is 6.61 Å². The molecule has 98 valence electrons. The second kappa shape index (κ2) is 7.37. The Labute approximate surface area is 107 Å². The second-order valence-electron chi connectivity index (χ2n) is 3.94. The molecule has 1 aromatic rings. The Bertz CT molecular complexity index is 406. The summed E-state index contributed by atoms with van der Waals surface area (Å²) in [5.74, 6) is 0.540. The molecule has 0 heterocycles. The number of carboxylic acid groups (broad SMARTS) is 1. The second-order valence-corrected chi connectivity index (χ2v) is 3.94. The predicted molar refractivity (Wildman–Crippen MR) is 69.1 cm³/mol. The van der Waals surface area contributed by atoms with E-state index < -0.39 is 5.97 Å². The SMILES string of the molecule is CCCOc1ccc(OCC(C)=CC(=O)O)cc1. The molecule has 0 atom stereocenters. The van der Waals surface area contributed by atoms with E-state index in [-0.39, 0.29) is 6.61 Å². The standard InChI is InChI=1S/C14H18O4/c1-3-8-17-12-4-6-13(7-5-12)18-10-11(2)9-14(15)16/h4-7,9H,3,8,10H2,1-2H3,(H,15,16). The van der Waals surface area contributed by atoms with Crippen LogP contribution >= 0.6 is 0 Å². The van der Waals surface area contributed by atoms with Crippen molar-refractivity contribution < 1.29 is 19.4 Å². The van der Waals surface area contributed by atoms with Crippen LogP contribution in [0.5, 0.6) is 11.5 Å². The number of carbonyl (C=O) groups is 1. The van der Waals surface area contributed by atoms with Crippen LogP contribution in [-0.4, -0.2) is 24.3 Å². The topological polar surface area (TPSA) is 55.8 Å². The van der Waals surface area contributed by atoms with E-state index in [1.807, 2.05) is 12.1 Å². The molecule has 0 spiro atoms. The van der Waals surface area contributed by atoms with Crippen molar-refractivity contribution in [2.24, 2.45) is 0 Å². The summed E-state index contributed by atoms with van der Waals surface area (Å²) in [5.41, 5.74) is 0.661. The third-order valence-electron chi connectivity index (χ3n) is 2.13. The molecule has 1 rings (SSSR count). The van der Waals surface area contributed by atoms with Crippen LogP contribution in [0.2, 0.25) is 0 Å². The fraction of sp³-hybridized carbons (Fsp3) is 0.357. The lowest BCUT2D eigenvalue weighted by Crippen LogP contribution is -2.01. The molecule has 0 fully saturated rings. The summed E-state index contributed by atoms with van der Waals surface area (Å²) in [4.78, 5) is 10.4. The first kappa shape index (κ1) is 14.1. The smallest absolute Gasteiger partial charge is 0.328 e. The van der Waals surface area contributed by atoms with Gasteiger partial charge in [-0.25, -0.2) is 4.79 Å². The number of benzene rings is 1. The Kier molecular flexibility index (Phi) is 5.77. The predicted octanol–water partition coefficient (Wildman–Crippen LogP) is 2.89. The Hall–Kier alpha value is -1.97. The van der Waals surface area contributed by atoms with E-state index in [0.717, 1.165) is 18.2 Å². The fourth-order valence-corrected chi connectivity index (χ4v) is 1.30. The highest BCUT2D eigenvalue weighted by atomic mass is 16.5. The van der Waals surface area contributed by atoms with Gasteiger partial charge in [0.25, 0.3) is 0 Å². The quantitative estimate of drug-likeness (QED) is 0.756. The van der Waals surface area contributed by atoms with E-state index >= 15 is 0 Å². The van der Waals surface area contributed by atoms with Crippen LogP contribution in [0.3, 0.4) is 0 Å². The van der Waals surface area contributed by atoms with Crippen molar-refractivity contribution >= 4 is 5.97 Å². The van der Waals surface area contributed by atoms with Gasteiger partial charge in [-0.15, -0.1) is 0 Å². The van der Waals surface area contributed by atoms with Crippen LogP contribution in [0.25, 0.3) is 0 Å². The van der Waals surface area contributed by atoms with E-state index in [9.17, 15) is 4.79 Å². The van der Waals surface area contributed by atoms with Crippen LogP contribution in [-0.2, 0) is 4.79 Å². The Morgan fingerprint density at radius 1 is 1.22 bits per heavy atom. The van der Waals surface area contributed by atoms with E-state index in [1.54, 1.807) is 19.1 Å². The minimum absolute atomic E-state index is 0.265. The summed E-state index contributed by atoms with van der Waals surface area (Å²) in [6.45, 7) is 4.73. The first-order valence-corrected chi connectivity index (χ1v) is 5.87. The van der Waals surface area contributed by atoms with Crippen molar-refractivity contribution in [3.63, 3.8) is 0 Å². The molecule has 0 amide bonds. The van der Waals surface area contributed by atoms with Gasteiger partial charge >= 0.3 is 5.97 Å². The zero-order valence-electron chi connectivity index (χ0n) is 10.7. The molecule has 18 heavy (non-hydrogen) atoms. The monoisotopic (exact) mass is 250 g/mol. The lowest BCUT2D eigenvalue weighted by Gasteiger charge is -2.08. The van der Waals surface area contributed by atoms with Gasteiger partial charge in [0.15, 0.2) is 0 Å². The summed E-state index contributed by atoms with van der Waals surface area (Å²) in [7, 11) is 0. The molecule has 0 bridgehead atoms. The van der Waals surface area contributed by atoms with Crippen LogP contribution in [0.15, 0.2) is 35.9 Å². The van der Waals surface area contributed by atoms with Crippen LogP contribution < -0.4 is 9.47 Å². The van der Waals surface area contributed by atoms with E-state index in [1.165, 1.54) is 0 Å². The molecule has 0 radical (unpaired) electrons. The fourth-order valence-electron chi connectivity index (χ4n) is 1.30. The minimum Gasteiger partial charge on any atom is -0.494 e. The van der Waals surface area contributed by atoms with Crippen molar-refractivity contribution in [1.82, 2.24) is 0 Å². The maximum Gasteiger partial charge on any atom is 0.328 e. The third kappa shape index (κ3) is 5.39. The van der Waals surface area contributed by atoms with Crippen molar-refractivity contribution in [3.05, 3.63) is 35.9 Å². The number of ether oxygens (including phenoxy) is 2. The van der Waals surface area contributed by atoms with Crippen molar-refractivity contribution in [1.29, 1.82) is 0 Å². The average molecular weight is 250 g/mol. The zero-order chi connectivity index (χ0) is 13.4. The number of aliphatic carboxylic acids is 1. The molecule has 4 heteroatoms. The third-order valence-corrected chi connectivity index (χ3v) is 2.13. The van der Waals surface area contributed by atoms with Gasteiger partial charge in [-0.3, -0.25) is 0 Å². The molecular formula is C14H18O4. The van der Waals surface area contributed by atoms with Gasteiger partial charge in [0.2, 0.25) is 0 Å². The molecule has 0 unspecified atom stereocenters. The molecule has 0 saturated carbocycles. The number of rotatable bonds is 7. The van der Waals surface area contributed by atoms with Gasteiger partial charge < -0.3 is 14.6 Å². The largest absolute Gasteiger partial charge is 0.494 e. The summed E-state index contributed by atoms with van der Waals surface area (Å²) < 4.78 is 10.9. The maximum atomic E-state index is 10.4. The molecule has 0 aliphatic carbocycles. The van der Waals surface area contributed by atoms with Crippen LogP contribution in [0, 0.1) is 0 Å². The zero-order valence-corrected chi connectivity index (χ0v) is 10.7. The summed E-state index contributed by atoms with van der Waals surface area (Å²) in [6, 6.07) is 7.28. The Morgan fingerprint density at radius 3 is 2.28 bits per heavy atom. The van der Waals surface area contributed by atoms with E-state index in [4.69, 9.17) is 14.6 Å². The van der Waals surface area contributed by atoms with Gasteiger partial charge in [0.1, 0.15) is 18.1 Å². The number of hydrogen-bond donors (Lipinski definition) is 1. The van der Waals surface area contributed by atoms with Gasteiger partial charge in [-0.1, -0.05) is 6.92 Å². The first-order chi connectivity index (χ1) is 8.61. The van der Waals surface area contributed by atoms with Crippen LogP contribution in [0.4, 0.5) is 0 Å². The summed E-state index contributed by atoms with van der Waals surface area (Å²) >= 11 is 0. The van der Waals surface area contributed by atoms with Crippen molar-refractivity contribution in [3.8, 4) is 11.5 Å².